The summed E-state index contributed by atoms with van der Waals surface area (Å²) < 4.78 is 10.6. The van der Waals surface area contributed by atoms with Crippen molar-refractivity contribution in [1.29, 1.82) is 0 Å². The molecule has 1 aliphatic rings. The lowest BCUT2D eigenvalue weighted by Gasteiger charge is -2.25. The van der Waals surface area contributed by atoms with E-state index in [0.717, 1.165) is 23.3 Å². The highest BCUT2D eigenvalue weighted by Gasteiger charge is 2.47. The quantitative estimate of drug-likeness (QED) is 0.315. The van der Waals surface area contributed by atoms with Gasteiger partial charge in [0.25, 0.3) is 11.7 Å². The molecular weight excluding hydrogens is 461 g/mol. The van der Waals surface area contributed by atoms with Gasteiger partial charge in [-0.05, 0) is 36.4 Å². The maximum Gasteiger partial charge on any atom is 0.295 e. The second-order valence-corrected chi connectivity index (χ2v) is 8.83. The zero-order chi connectivity index (χ0) is 22.9. The largest absolute Gasteiger partial charge is 0.507 e. The van der Waals surface area contributed by atoms with Gasteiger partial charge >= 0.3 is 0 Å². The van der Waals surface area contributed by atoms with E-state index in [1.54, 1.807) is 0 Å². The number of benzene rings is 1. The summed E-state index contributed by atoms with van der Waals surface area (Å²) >= 11 is 14.1. The number of ketones is 1. The second kappa shape index (κ2) is 9.51. The standard InChI is InChI=1S/C22H23Cl2NO5S/c1-5-6-8-25-16(21-11(2)7-9-31-21)14(18(27)22(25)28)17(26)12-10-13(23)20(30-4)15(24)19(12)29-3/h7,9-10,16,26H,5-6,8H2,1-4H3/b17-14+. The first-order chi connectivity index (χ1) is 14.8. The van der Waals surface area contributed by atoms with E-state index in [1.807, 2.05) is 25.3 Å². The molecule has 1 aromatic carbocycles. The van der Waals surface area contributed by atoms with Crippen molar-refractivity contribution >= 4 is 52.0 Å². The number of halogens is 2. The number of nitrogens with zero attached hydrogens (tertiary/aromatic N) is 1. The van der Waals surface area contributed by atoms with Gasteiger partial charge in [-0.2, -0.15) is 0 Å². The summed E-state index contributed by atoms with van der Waals surface area (Å²) in [4.78, 5) is 28.3. The fourth-order valence-corrected chi connectivity index (χ4v) is 5.40. The number of thiophene rings is 1. The molecule has 0 spiro atoms. The predicted octanol–water partition coefficient (Wildman–Crippen LogP) is 5.60. The molecule has 2 aromatic rings. The average molecular weight is 484 g/mol. The van der Waals surface area contributed by atoms with Crippen LogP contribution in [-0.2, 0) is 9.59 Å². The van der Waals surface area contributed by atoms with E-state index in [0.29, 0.717) is 6.54 Å². The van der Waals surface area contributed by atoms with Crippen LogP contribution in [0.3, 0.4) is 0 Å². The summed E-state index contributed by atoms with van der Waals surface area (Å²) in [6, 6.07) is 2.63. The van der Waals surface area contributed by atoms with Gasteiger partial charge in [0.1, 0.15) is 10.8 Å². The summed E-state index contributed by atoms with van der Waals surface area (Å²) in [7, 11) is 2.79. The smallest absolute Gasteiger partial charge is 0.295 e. The molecular formula is C22H23Cl2NO5S. The topological polar surface area (TPSA) is 76.1 Å². The number of Topliss-reactive ketones (excluding diaryl/α,β-unsaturated/α-hetero) is 1. The molecule has 0 aliphatic carbocycles. The number of hydrogen-bond acceptors (Lipinski definition) is 6. The molecule has 1 atom stereocenters. The number of aliphatic hydroxyl groups is 1. The second-order valence-electron chi connectivity index (χ2n) is 7.10. The molecule has 6 nitrogen and oxygen atoms in total. The van der Waals surface area contributed by atoms with Crippen LogP contribution in [0.15, 0.2) is 23.1 Å². The van der Waals surface area contributed by atoms with Crippen LogP contribution in [0.4, 0.5) is 0 Å². The van der Waals surface area contributed by atoms with Crippen molar-refractivity contribution in [3.8, 4) is 11.5 Å². The van der Waals surface area contributed by atoms with Crippen molar-refractivity contribution < 1.29 is 24.2 Å². The Morgan fingerprint density at radius 2 is 1.90 bits per heavy atom. The van der Waals surface area contributed by atoms with Crippen LogP contribution in [0.25, 0.3) is 5.76 Å². The highest BCUT2D eigenvalue weighted by Crippen LogP contribution is 2.48. The van der Waals surface area contributed by atoms with Crippen molar-refractivity contribution in [3.63, 3.8) is 0 Å². The summed E-state index contributed by atoms with van der Waals surface area (Å²) in [6.07, 6.45) is 1.59. The molecule has 1 saturated heterocycles. The fraction of sp³-hybridized carbons (Fsp3) is 0.364. The van der Waals surface area contributed by atoms with E-state index in [2.05, 4.69) is 0 Å². The average Bonchev–Trinajstić information content (AvgIpc) is 3.26. The normalized spacial score (nSPS) is 18.0. The molecule has 166 valence electrons. The fourth-order valence-electron chi connectivity index (χ4n) is 3.67. The molecule has 1 N–H and O–H groups in total. The number of aliphatic hydroxyl groups excluding tert-OH is 1. The van der Waals surface area contributed by atoms with Crippen molar-refractivity contribution in [3.05, 3.63) is 49.1 Å². The van der Waals surface area contributed by atoms with Gasteiger partial charge in [-0.1, -0.05) is 36.5 Å². The third-order valence-electron chi connectivity index (χ3n) is 5.24. The van der Waals surface area contributed by atoms with Crippen LogP contribution in [0, 0.1) is 6.92 Å². The van der Waals surface area contributed by atoms with Gasteiger partial charge in [0.05, 0.1) is 36.4 Å². The van der Waals surface area contributed by atoms with Crippen LogP contribution in [0.1, 0.15) is 41.8 Å². The van der Waals surface area contributed by atoms with E-state index in [9.17, 15) is 14.7 Å². The monoisotopic (exact) mass is 483 g/mol. The molecule has 1 aliphatic heterocycles. The molecule has 0 radical (unpaired) electrons. The highest BCUT2D eigenvalue weighted by molar-refractivity contribution is 7.10. The lowest BCUT2D eigenvalue weighted by molar-refractivity contribution is -0.139. The lowest BCUT2D eigenvalue weighted by Crippen LogP contribution is -2.30. The van der Waals surface area contributed by atoms with Crippen molar-refractivity contribution in [2.75, 3.05) is 20.8 Å². The molecule has 1 aromatic heterocycles. The number of amides is 1. The molecule has 9 heteroatoms. The van der Waals surface area contributed by atoms with Gasteiger partial charge < -0.3 is 19.5 Å². The van der Waals surface area contributed by atoms with Gasteiger partial charge in [0.2, 0.25) is 0 Å². The maximum absolute atomic E-state index is 13.1. The van der Waals surface area contributed by atoms with Crippen LogP contribution >= 0.6 is 34.5 Å². The molecule has 2 heterocycles. The Hall–Kier alpha value is -2.22. The minimum Gasteiger partial charge on any atom is -0.507 e. The van der Waals surface area contributed by atoms with E-state index in [1.165, 1.54) is 36.5 Å². The zero-order valence-corrected chi connectivity index (χ0v) is 20.0. The number of methoxy groups -OCH3 is 2. The van der Waals surface area contributed by atoms with Crippen LogP contribution < -0.4 is 9.47 Å². The van der Waals surface area contributed by atoms with E-state index in [-0.39, 0.29) is 32.7 Å². The van der Waals surface area contributed by atoms with Gasteiger partial charge in [0, 0.05) is 11.4 Å². The predicted molar refractivity (Wildman–Crippen MR) is 123 cm³/mol. The Labute approximate surface area is 195 Å². The number of ether oxygens (including phenoxy) is 2. The van der Waals surface area contributed by atoms with Crippen LogP contribution in [-0.4, -0.2) is 42.5 Å². The third kappa shape index (κ3) is 4.02. The minimum atomic E-state index is -0.753. The molecule has 1 amide bonds. The summed E-state index contributed by atoms with van der Waals surface area (Å²) in [6.45, 7) is 4.32. The van der Waals surface area contributed by atoms with E-state index >= 15 is 0 Å². The molecule has 0 saturated carbocycles. The van der Waals surface area contributed by atoms with Crippen LogP contribution in [0.5, 0.6) is 11.5 Å². The summed E-state index contributed by atoms with van der Waals surface area (Å²) in [5.41, 5.74) is 1.04. The lowest BCUT2D eigenvalue weighted by atomic mass is 9.97. The number of unbranched alkanes of at least 4 members (excludes halogenated alkanes) is 1. The SMILES string of the molecule is CCCCN1C(=O)C(=O)/C(=C(/O)c2cc(Cl)c(OC)c(Cl)c2OC)C1c1sccc1C. The highest BCUT2D eigenvalue weighted by atomic mass is 35.5. The minimum absolute atomic E-state index is 0.0118. The Bertz CT molecular complexity index is 1060. The van der Waals surface area contributed by atoms with Crippen molar-refractivity contribution in [1.82, 2.24) is 4.90 Å². The molecule has 1 unspecified atom stereocenters. The first kappa shape index (κ1) is 23.4. The number of aryl methyl sites for hydroxylation is 1. The first-order valence-corrected chi connectivity index (χ1v) is 11.3. The Morgan fingerprint density at radius 1 is 1.23 bits per heavy atom. The number of hydrogen-bond donors (Lipinski definition) is 1. The number of rotatable bonds is 7. The third-order valence-corrected chi connectivity index (χ3v) is 6.93. The zero-order valence-electron chi connectivity index (χ0n) is 17.6. The Balaban J connectivity index is 2.28. The molecule has 1 fully saturated rings. The summed E-state index contributed by atoms with van der Waals surface area (Å²) in [5.74, 6) is -1.50. The van der Waals surface area contributed by atoms with E-state index < -0.39 is 23.5 Å². The van der Waals surface area contributed by atoms with Gasteiger partial charge in [0.15, 0.2) is 11.5 Å². The van der Waals surface area contributed by atoms with Crippen LogP contribution in [0.2, 0.25) is 10.0 Å². The van der Waals surface area contributed by atoms with E-state index in [4.69, 9.17) is 32.7 Å². The number of likely N-dealkylation sites (tertiary alicyclic amines) is 1. The Kier molecular flexibility index (Phi) is 7.19. The maximum atomic E-state index is 13.1. The van der Waals surface area contributed by atoms with Crippen molar-refractivity contribution in [2.45, 2.75) is 32.7 Å². The number of carbonyl (C=O) groups is 2. The number of carbonyl (C=O) groups excluding carboxylic acids is 2. The first-order valence-electron chi connectivity index (χ1n) is 9.71. The van der Waals surface area contributed by atoms with Gasteiger partial charge in [-0.15, -0.1) is 11.3 Å². The molecule has 3 rings (SSSR count). The Morgan fingerprint density at radius 3 is 2.45 bits per heavy atom. The van der Waals surface area contributed by atoms with Gasteiger partial charge in [-0.3, -0.25) is 9.59 Å². The summed E-state index contributed by atoms with van der Waals surface area (Å²) in [5, 5.41) is 13.4. The van der Waals surface area contributed by atoms with Crippen molar-refractivity contribution in [2.24, 2.45) is 0 Å². The van der Waals surface area contributed by atoms with Gasteiger partial charge in [-0.25, -0.2) is 0 Å². The molecule has 31 heavy (non-hydrogen) atoms. The molecule has 0 bridgehead atoms.